The Labute approximate surface area is 181 Å². The third kappa shape index (κ3) is 3.88. The number of likely N-dealkylation sites (N-methyl/N-ethyl adjacent to an activating group) is 1. The maximum atomic E-state index is 14.7. The van der Waals surface area contributed by atoms with Crippen molar-refractivity contribution in [3.05, 3.63) is 34.5 Å². The monoisotopic (exact) mass is 480 g/mol. The minimum atomic E-state index is -4.22. The van der Waals surface area contributed by atoms with Crippen molar-refractivity contribution in [3.8, 4) is 0 Å². The quantitative estimate of drug-likeness (QED) is 0.650. The van der Waals surface area contributed by atoms with Crippen LogP contribution >= 0.6 is 22.9 Å². The molecule has 6 nitrogen and oxygen atoms in total. The Bertz CT molecular complexity index is 1050. The molecule has 0 aliphatic heterocycles. The van der Waals surface area contributed by atoms with Crippen molar-refractivity contribution in [1.82, 2.24) is 9.88 Å². The van der Waals surface area contributed by atoms with Crippen molar-refractivity contribution in [2.24, 2.45) is 11.8 Å². The van der Waals surface area contributed by atoms with E-state index in [-0.39, 0.29) is 34.3 Å². The minimum absolute atomic E-state index is 0.0156. The Morgan fingerprint density at radius 2 is 1.97 bits per heavy atom. The first-order chi connectivity index (χ1) is 14.0. The Morgan fingerprint density at radius 1 is 1.27 bits per heavy atom. The van der Waals surface area contributed by atoms with Crippen LogP contribution in [0.3, 0.4) is 0 Å². The Kier molecular flexibility index (Phi) is 5.44. The zero-order chi connectivity index (χ0) is 21.8. The number of fused-ring (bicyclic) bond motifs is 1. The molecule has 4 rings (SSSR count). The van der Waals surface area contributed by atoms with E-state index in [2.05, 4.69) is 15.0 Å². The molecule has 2 N–H and O–H groups in total. The number of aromatic nitrogens is 1. The van der Waals surface area contributed by atoms with Gasteiger partial charge in [0.25, 0.3) is 15.9 Å². The summed E-state index contributed by atoms with van der Waals surface area (Å²) in [6.45, 7) is 0. The van der Waals surface area contributed by atoms with Crippen molar-refractivity contribution in [3.63, 3.8) is 0 Å². The fourth-order valence-electron chi connectivity index (χ4n) is 4.17. The Balaban J connectivity index is 1.57. The minimum Gasteiger partial charge on any atom is -0.379 e. The van der Waals surface area contributed by atoms with Crippen molar-refractivity contribution in [2.45, 2.75) is 35.7 Å². The van der Waals surface area contributed by atoms with Gasteiger partial charge in [0, 0.05) is 35.5 Å². The van der Waals surface area contributed by atoms with Crippen LogP contribution in [0.2, 0.25) is 5.02 Å². The van der Waals surface area contributed by atoms with E-state index in [9.17, 15) is 21.6 Å². The highest BCUT2D eigenvalue weighted by Gasteiger charge is 2.70. The number of alkyl halides is 2. The van der Waals surface area contributed by atoms with Gasteiger partial charge in [0.2, 0.25) is 0 Å². The summed E-state index contributed by atoms with van der Waals surface area (Å²) in [4.78, 5) is 5.06. The van der Waals surface area contributed by atoms with Crippen molar-refractivity contribution >= 4 is 43.8 Å². The number of nitrogens with zero attached hydrogens (tertiary/aromatic N) is 2. The highest BCUT2D eigenvalue weighted by molar-refractivity contribution is 7.93. The van der Waals surface area contributed by atoms with Gasteiger partial charge < -0.3 is 10.2 Å². The number of rotatable bonds is 6. The lowest BCUT2D eigenvalue weighted by Crippen LogP contribution is -2.46. The maximum Gasteiger partial charge on any atom is 0.266 e. The topological polar surface area (TPSA) is 74.3 Å². The van der Waals surface area contributed by atoms with Crippen molar-refractivity contribution < 1.29 is 21.6 Å². The average Bonchev–Trinajstić information content (AvgIpc) is 2.97. The summed E-state index contributed by atoms with van der Waals surface area (Å²) < 4.78 is 69.7. The molecular weight excluding hydrogens is 461 g/mol. The number of benzene rings is 1. The molecular formula is C18H20ClF3N4O2S2. The lowest BCUT2D eigenvalue weighted by atomic mass is 9.89. The van der Waals surface area contributed by atoms with Gasteiger partial charge in [0.05, 0.1) is 10.7 Å². The van der Waals surface area contributed by atoms with E-state index in [1.807, 2.05) is 19.0 Å². The number of hydrogen-bond acceptors (Lipinski definition) is 6. The number of thiazole rings is 1. The summed E-state index contributed by atoms with van der Waals surface area (Å²) in [6, 6.07) is 1.44. The number of halogens is 4. The molecule has 0 radical (unpaired) electrons. The Morgan fingerprint density at radius 3 is 2.60 bits per heavy atom. The Hall–Kier alpha value is -1.56. The van der Waals surface area contributed by atoms with Gasteiger partial charge in [-0.15, -0.1) is 11.3 Å². The SMILES string of the molecule is CN(C)[C@@H]1C[C@H]2[C@@H](C[C@H]1Nc1cc(F)c(S(=O)(=O)Nc3nccs3)cc1Cl)C2(F)F. The highest BCUT2D eigenvalue weighted by Crippen LogP contribution is 2.62. The molecule has 1 aromatic carbocycles. The third-order valence-corrected chi connectivity index (χ3v) is 8.29. The highest BCUT2D eigenvalue weighted by atomic mass is 35.5. The van der Waals surface area contributed by atoms with Crippen molar-refractivity contribution in [1.29, 1.82) is 0 Å². The lowest BCUT2D eigenvalue weighted by Gasteiger charge is -2.36. The molecule has 2 aliphatic rings. The first-order valence-electron chi connectivity index (χ1n) is 9.23. The van der Waals surface area contributed by atoms with Gasteiger partial charge in [-0.05, 0) is 39.1 Å². The van der Waals surface area contributed by atoms with Crippen LogP contribution in [0.5, 0.6) is 0 Å². The summed E-state index contributed by atoms with van der Waals surface area (Å²) >= 11 is 7.30. The fourth-order valence-corrected chi connectivity index (χ4v) is 6.33. The molecule has 1 aromatic heterocycles. The molecule has 0 saturated heterocycles. The molecule has 4 atom stereocenters. The molecule has 164 valence electrons. The van der Waals surface area contributed by atoms with E-state index in [1.165, 1.54) is 6.20 Å². The number of anilines is 2. The van der Waals surface area contributed by atoms with Crippen LogP contribution in [-0.4, -0.2) is 50.4 Å². The fraction of sp³-hybridized carbons (Fsp3) is 0.500. The van der Waals surface area contributed by atoms with Crippen LogP contribution in [-0.2, 0) is 10.0 Å². The molecule has 30 heavy (non-hydrogen) atoms. The van der Waals surface area contributed by atoms with Crippen LogP contribution in [0, 0.1) is 17.7 Å². The molecule has 1 heterocycles. The zero-order valence-corrected chi connectivity index (χ0v) is 18.5. The van der Waals surface area contributed by atoms with Gasteiger partial charge in [-0.2, -0.15) is 0 Å². The first kappa shape index (κ1) is 21.7. The molecule has 0 unspecified atom stereocenters. The molecule has 12 heteroatoms. The van der Waals surface area contributed by atoms with Gasteiger partial charge in [0.1, 0.15) is 10.7 Å². The first-order valence-corrected chi connectivity index (χ1v) is 12.0. The molecule has 2 saturated carbocycles. The standard InChI is InChI=1S/C18H20ClF3N4O2S2/c1-26(2)15-6-10-9(18(10,21)22)5-14(15)24-13-8-12(20)16(7-11(13)19)30(27,28)25-17-23-3-4-29-17/h3-4,7-10,14-15,24H,5-6H2,1-2H3,(H,23,25)/t9-,10+,14-,15-/m1/s1. The number of hydrogen-bond donors (Lipinski definition) is 2. The van der Waals surface area contributed by atoms with E-state index in [0.29, 0.717) is 6.42 Å². The summed E-state index contributed by atoms with van der Waals surface area (Å²) in [6.07, 6.45) is 1.97. The van der Waals surface area contributed by atoms with E-state index in [4.69, 9.17) is 11.6 Å². The molecule has 2 aliphatic carbocycles. The predicted molar refractivity (Wildman–Crippen MR) is 110 cm³/mol. The van der Waals surface area contributed by atoms with Gasteiger partial charge in [-0.1, -0.05) is 11.6 Å². The van der Waals surface area contributed by atoms with E-state index >= 15 is 0 Å². The lowest BCUT2D eigenvalue weighted by molar-refractivity contribution is 0.0837. The predicted octanol–water partition coefficient (Wildman–Crippen LogP) is 4.12. The van der Waals surface area contributed by atoms with E-state index in [0.717, 1.165) is 23.5 Å². The summed E-state index contributed by atoms with van der Waals surface area (Å²) in [5, 5.41) is 4.73. The summed E-state index contributed by atoms with van der Waals surface area (Å²) in [5.41, 5.74) is 0.168. The largest absolute Gasteiger partial charge is 0.379 e. The van der Waals surface area contributed by atoms with Crippen molar-refractivity contribution in [2.75, 3.05) is 24.1 Å². The molecule has 0 amide bonds. The molecule has 0 spiro atoms. The second-order valence-corrected chi connectivity index (χ2v) is 10.8. The van der Waals surface area contributed by atoms with E-state index in [1.54, 1.807) is 5.38 Å². The second kappa shape index (κ2) is 7.54. The number of nitrogens with one attached hydrogen (secondary N) is 2. The molecule has 0 bridgehead atoms. The molecule has 2 aromatic rings. The average molecular weight is 481 g/mol. The normalized spacial score (nSPS) is 27.6. The van der Waals surface area contributed by atoms with Gasteiger partial charge in [-0.25, -0.2) is 26.6 Å². The van der Waals surface area contributed by atoms with Gasteiger partial charge >= 0.3 is 0 Å². The summed E-state index contributed by atoms with van der Waals surface area (Å²) in [7, 11) is -0.609. The number of sulfonamides is 1. The van der Waals surface area contributed by atoms with Crippen LogP contribution < -0.4 is 10.0 Å². The van der Waals surface area contributed by atoms with Gasteiger partial charge in [0.15, 0.2) is 5.13 Å². The third-order valence-electron chi connectivity index (χ3n) is 5.80. The summed E-state index contributed by atoms with van der Waals surface area (Å²) in [5.74, 6) is -4.99. The zero-order valence-electron chi connectivity index (χ0n) is 16.1. The second-order valence-electron chi connectivity index (χ2n) is 7.85. The van der Waals surface area contributed by atoms with Crippen LogP contribution in [0.15, 0.2) is 28.6 Å². The smallest absolute Gasteiger partial charge is 0.266 e. The molecule has 2 fully saturated rings. The van der Waals surface area contributed by atoms with Crippen LogP contribution in [0.1, 0.15) is 12.8 Å². The van der Waals surface area contributed by atoms with Crippen LogP contribution in [0.4, 0.5) is 24.0 Å². The van der Waals surface area contributed by atoms with Crippen LogP contribution in [0.25, 0.3) is 0 Å². The van der Waals surface area contributed by atoms with E-state index < -0.39 is 38.5 Å². The van der Waals surface area contributed by atoms with Gasteiger partial charge in [-0.3, -0.25) is 4.72 Å². The maximum absolute atomic E-state index is 14.7.